The Hall–Kier alpha value is -4.93. The van der Waals surface area contributed by atoms with Gasteiger partial charge in [0.25, 0.3) is 0 Å². The monoisotopic (exact) mass is 650 g/mol. The third kappa shape index (κ3) is 8.59. The zero-order chi connectivity index (χ0) is 32.8. The van der Waals surface area contributed by atoms with E-state index in [4.69, 9.17) is 18.9 Å². The average molecular weight is 651 g/mol. The van der Waals surface area contributed by atoms with Crippen LogP contribution < -0.4 is 19.5 Å². The Morgan fingerprint density at radius 1 is 1.04 bits per heavy atom. The van der Waals surface area contributed by atoms with Gasteiger partial charge in [-0.25, -0.2) is 27.9 Å². The molecule has 0 spiro atoms. The molecule has 0 fully saturated rings. The summed E-state index contributed by atoms with van der Waals surface area (Å²) >= 11 is 0. The van der Waals surface area contributed by atoms with Crippen molar-refractivity contribution in [3.63, 3.8) is 0 Å². The third-order valence-electron chi connectivity index (χ3n) is 6.03. The van der Waals surface area contributed by atoms with Crippen LogP contribution in [0.4, 0.5) is 24.8 Å². The lowest BCUT2D eigenvalue weighted by Crippen LogP contribution is -2.13. The van der Waals surface area contributed by atoms with E-state index in [1.807, 2.05) is 0 Å². The molecule has 1 aromatic carbocycles. The lowest BCUT2D eigenvalue weighted by atomic mass is 10.1. The molecule has 0 bridgehead atoms. The number of methoxy groups -OCH3 is 2. The van der Waals surface area contributed by atoms with Gasteiger partial charge in [0.2, 0.25) is 11.8 Å². The number of sulfone groups is 1. The molecule has 240 valence electrons. The molecule has 0 atom stereocenters. The Kier molecular flexibility index (Phi) is 10.1. The summed E-state index contributed by atoms with van der Waals surface area (Å²) in [5.74, 6) is -0.173. The standard InChI is InChI=1S/C28H29F3N6O7S/c1-5-43-26(38)21-11-17(15-32-25(21)44-9-6-10-45(4,39)40)22-16-33-27(34-18-12-19(41-2)14-20(13-18)42-3)35-24(22)37-8-7-23(36-37)28(29,30)31/h7-8,11-16H,5-6,9-10H2,1-4H3,(H,33,34,35). The van der Waals surface area contributed by atoms with Crippen molar-refractivity contribution in [1.29, 1.82) is 0 Å². The highest BCUT2D eigenvalue weighted by atomic mass is 32.2. The number of rotatable bonds is 13. The number of anilines is 2. The van der Waals surface area contributed by atoms with Gasteiger partial charge in [-0.3, -0.25) is 0 Å². The summed E-state index contributed by atoms with van der Waals surface area (Å²) in [4.78, 5) is 25.8. The van der Waals surface area contributed by atoms with Gasteiger partial charge in [0.15, 0.2) is 11.5 Å². The zero-order valence-corrected chi connectivity index (χ0v) is 25.4. The maximum Gasteiger partial charge on any atom is 0.435 e. The first-order valence-corrected chi connectivity index (χ1v) is 15.4. The summed E-state index contributed by atoms with van der Waals surface area (Å²) < 4.78 is 85.5. The lowest BCUT2D eigenvalue weighted by molar-refractivity contribution is -0.141. The second-order valence-electron chi connectivity index (χ2n) is 9.43. The number of carbonyl (C=O) groups excluding carboxylic acids is 1. The number of nitrogens with zero attached hydrogens (tertiary/aromatic N) is 5. The van der Waals surface area contributed by atoms with E-state index in [2.05, 4.69) is 25.4 Å². The summed E-state index contributed by atoms with van der Waals surface area (Å²) in [6, 6.07) is 7.09. The molecule has 45 heavy (non-hydrogen) atoms. The molecule has 0 aliphatic carbocycles. The molecule has 4 aromatic rings. The molecular formula is C28H29F3N6O7S. The second kappa shape index (κ2) is 13.8. The van der Waals surface area contributed by atoms with E-state index in [-0.39, 0.29) is 59.7 Å². The molecule has 13 nitrogen and oxygen atoms in total. The second-order valence-corrected chi connectivity index (χ2v) is 11.7. The summed E-state index contributed by atoms with van der Waals surface area (Å²) in [5, 5.41) is 6.64. The number of pyridine rings is 1. The van der Waals surface area contributed by atoms with E-state index >= 15 is 0 Å². The van der Waals surface area contributed by atoms with Crippen molar-refractivity contribution in [1.82, 2.24) is 24.7 Å². The zero-order valence-electron chi connectivity index (χ0n) is 24.6. The third-order valence-corrected chi connectivity index (χ3v) is 7.06. The number of nitrogens with one attached hydrogen (secondary N) is 1. The molecule has 4 rings (SSSR count). The number of hydrogen-bond donors (Lipinski definition) is 1. The molecule has 3 aromatic heterocycles. The van der Waals surface area contributed by atoms with Crippen molar-refractivity contribution >= 4 is 27.4 Å². The number of aromatic nitrogens is 5. The number of carbonyl (C=O) groups is 1. The van der Waals surface area contributed by atoms with E-state index in [0.29, 0.717) is 17.2 Å². The highest BCUT2D eigenvalue weighted by Gasteiger charge is 2.34. The van der Waals surface area contributed by atoms with Crippen LogP contribution >= 0.6 is 0 Å². The van der Waals surface area contributed by atoms with Crippen LogP contribution in [0.1, 0.15) is 29.4 Å². The molecule has 3 heterocycles. The smallest absolute Gasteiger partial charge is 0.435 e. The number of benzene rings is 1. The number of esters is 1. The van der Waals surface area contributed by atoms with E-state index in [1.54, 1.807) is 25.1 Å². The quantitative estimate of drug-likeness (QED) is 0.160. The van der Waals surface area contributed by atoms with Crippen molar-refractivity contribution in [3.05, 3.63) is 60.2 Å². The molecule has 0 radical (unpaired) electrons. The lowest BCUT2D eigenvalue weighted by Gasteiger charge is -2.15. The fourth-order valence-electron chi connectivity index (χ4n) is 3.97. The normalized spacial score (nSPS) is 11.6. The van der Waals surface area contributed by atoms with Crippen LogP contribution in [0.15, 0.2) is 48.9 Å². The summed E-state index contributed by atoms with van der Waals surface area (Å²) in [7, 11) is -0.279. The fraction of sp³-hybridized carbons (Fsp3) is 0.321. The summed E-state index contributed by atoms with van der Waals surface area (Å²) in [5.41, 5.74) is -0.383. The Bertz CT molecular complexity index is 1760. The molecular weight excluding hydrogens is 621 g/mol. The van der Waals surface area contributed by atoms with Crippen molar-refractivity contribution in [2.45, 2.75) is 19.5 Å². The number of ether oxygens (including phenoxy) is 4. The minimum Gasteiger partial charge on any atom is -0.497 e. The number of halogens is 3. The maximum atomic E-state index is 13.4. The van der Waals surface area contributed by atoms with Gasteiger partial charge in [-0.2, -0.15) is 23.3 Å². The Labute approximate surface area is 256 Å². The van der Waals surface area contributed by atoms with E-state index in [1.165, 1.54) is 32.7 Å². The molecule has 0 amide bonds. The molecule has 17 heteroatoms. The van der Waals surface area contributed by atoms with E-state index < -0.39 is 27.7 Å². The van der Waals surface area contributed by atoms with Gasteiger partial charge >= 0.3 is 12.1 Å². The van der Waals surface area contributed by atoms with Crippen LogP contribution in [0, 0.1) is 0 Å². The van der Waals surface area contributed by atoms with Gasteiger partial charge in [0, 0.05) is 59.9 Å². The molecule has 0 unspecified atom stereocenters. The molecule has 0 saturated heterocycles. The minimum atomic E-state index is -4.72. The Morgan fingerprint density at radius 3 is 2.36 bits per heavy atom. The highest BCUT2D eigenvalue weighted by molar-refractivity contribution is 7.90. The molecule has 0 aliphatic rings. The van der Waals surface area contributed by atoms with Crippen molar-refractivity contribution in [2.75, 3.05) is 44.8 Å². The number of hydrogen-bond acceptors (Lipinski definition) is 12. The SMILES string of the molecule is CCOC(=O)c1cc(-c2cnc(Nc3cc(OC)cc(OC)c3)nc2-n2ccc(C(F)(F)F)n2)cnc1OCCCS(C)(=O)=O. The van der Waals surface area contributed by atoms with Gasteiger partial charge in [-0.1, -0.05) is 0 Å². The first-order chi connectivity index (χ1) is 21.3. The van der Waals surface area contributed by atoms with Crippen molar-refractivity contribution in [3.8, 4) is 34.3 Å². The van der Waals surface area contributed by atoms with Gasteiger partial charge in [0.05, 0.1) is 33.2 Å². The highest BCUT2D eigenvalue weighted by Crippen LogP contribution is 2.33. The summed E-state index contributed by atoms with van der Waals surface area (Å²) in [6.45, 7) is 1.59. The van der Waals surface area contributed by atoms with Gasteiger partial charge in [-0.05, 0) is 25.5 Å². The van der Waals surface area contributed by atoms with Crippen LogP contribution in [-0.4, -0.2) is 78.6 Å². The first kappa shape index (κ1) is 33.0. The Morgan fingerprint density at radius 2 is 1.76 bits per heavy atom. The van der Waals surface area contributed by atoms with E-state index in [9.17, 15) is 26.4 Å². The van der Waals surface area contributed by atoms with Crippen LogP contribution in [0.2, 0.25) is 0 Å². The Balaban J connectivity index is 1.78. The van der Waals surface area contributed by atoms with Crippen molar-refractivity contribution < 1.29 is 45.3 Å². The molecule has 0 aliphatic heterocycles. The van der Waals surface area contributed by atoms with Crippen LogP contribution in [0.25, 0.3) is 16.9 Å². The maximum absolute atomic E-state index is 13.4. The average Bonchev–Trinajstić information content (AvgIpc) is 3.50. The molecule has 0 saturated carbocycles. The number of alkyl halides is 3. The van der Waals surface area contributed by atoms with E-state index in [0.717, 1.165) is 23.2 Å². The van der Waals surface area contributed by atoms with Crippen LogP contribution in [0.5, 0.6) is 17.4 Å². The van der Waals surface area contributed by atoms with Crippen molar-refractivity contribution in [2.24, 2.45) is 0 Å². The predicted octanol–water partition coefficient (Wildman–Crippen LogP) is 4.49. The molecule has 1 N–H and O–H groups in total. The van der Waals surface area contributed by atoms with Crippen LogP contribution in [0.3, 0.4) is 0 Å². The first-order valence-electron chi connectivity index (χ1n) is 13.3. The topological polar surface area (TPSA) is 157 Å². The van der Waals surface area contributed by atoms with Gasteiger partial charge in [0.1, 0.15) is 26.9 Å². The van der Waals surface area contributed by atoms with Gasteiger partial charge in [-0.15, -0.1) is 0 Å². The predicted molar refractivity (Wildman–Crippen MR) is 156 cm³/mol. The largest absolute Gasteiger partial charge is 0.497 e. The van der Waals surface area contributed by atoms with Crippen LogP contribution in [-0.2, 0) is 20.8 Å². The minimum absolute atomic E-state index is 0.00230. The fourth-order valence-corrected chi connectivity index (χ4v) is 4.61. The van der Waals surface area contributed by atoms with Gasteiger partial charge < -0.3 is 24.3 Å². The summed E-state index contributed by atoms with van der Waals surface area (Å²) in [6.07, 6.45) is 0.254.